The molecule has 0 bridgehead atoms. The van der Waals surface area contributed by atoms with Crippen LogP contribution in [0.25, 0.3) is 22.0 Å². The lowest BCUT2D eigenvalue weighted by molar-refractivity contribution is -0.384. The Morgan fingerprint density at radius 2 is 1.69 bits per heavy atom. The summed E-state index contributed by atoms with van der Waals surface area (Å²) in [5, 5.41) is 13.2. The highest BCUT2D eigenvalue weighted by Gasteiger charge is 2.37. The van der Waals surface area contributed by atoms with E-state index in [4.69, 9.17) is 5.73 Å². The van der Waals surface area contributed by atoms with Gasteiger partial charge in [-0.3, -0.25) is 14.9 Å². The third-order valence-electron chi connectivity index (χ3n) is 7.18. The minimum absolute atomic E-state index is 0.0432. The van der Waals surface area contributed by atoms with E-state index >= 15 is 0 Å². The van der Waals surface area contributed by atoms with Gasteiger partial charge in [0, 0.05) is 58.9 Å². The lowest BCUT2D eigenvalue weighted by Crippen LogP contribution is -2.28. The number of anilines is 1. The van der Waals surface area contributed by atoms with Crippen molar-refractivity contribution >= 4 is 33.5 Å². The van der Waals surface area contributed by atoms with E-state index in [1.807, 2.05) is 47.2 Å². The van der Waals surface area contributed by atoms with E-state index in [9.17, 15) is 14.9 Å². The fraction of sp³-hybridized carbons (Fsp3) is 0.233. The Labute approximate surface area is 210 Å². The number of aromatic nitrogens is 1. The number of nitrogens with two attached hydrogens (primary N) is 1. The van der Waals surface area contributed by atoms with Crippen LogP contribution in [0.15, 0.2) is 84.6 Å². The van der Waals surface area contributed by atoms with Gasteiger partial charge in [-0.25, -0.2) is 0 Å². The number of nitro benzene ring substituents is 1. The molecule has 0 radical (unpaired) electrons. The lowest BCUT2D eigenvalue weighted by Gasteiger charge is -2.35. The van der Waals surface area contributed by atoms with Crippen LogP contribution in [-0.2, 0) is 4.79 Å². The molecule has 36 heavy (non-hydrogen) atoms. The molecule has 0 amide bonds. The number of benzene rings is 3. The average Bonchev–Trinajstić information content (AvgIpc) is 3.33. The molecule has 0 unspecified atom stereocenters. The van der Waals surface area contributed by atoms with Gasteiger partial charge >= 0.3 is 0 Å². The van der Waals surface area contributed by atoms with Crippen molar-refractivity contribution in [3.8, 4) is 5.69 Å². The molecule has 1 atom stereocenters. The Morgan fingerprint density at radius 3 is 2.42 bits per heavy atom. The number of nitro groups is 1. The van der Waals surface area contributed by atoms with Crippen LogP contribution in [0.5, 0.6) is 0 Å². The van der Waals surface area contributed by atoms with Crippen molar-refractivity contribution in [2.24, 2.45) is 5.41 Å². The zero-order valence-corrected chi connectivity index (χ0v) is 20.7. The second-order valence-electron chi connectivity index (χ2n) is 10.4. The maximum atomic E-state index is 13.8. The molecule has 1 aliphatic carbocycles. The van der Waals surface area contributed by atoms with Crippen molar-refractivity contribution in [1.29, 1.82) is 0 Å². The number of hydrogen-bond acceptors (Lipinski definition) is 4. The summed E-state index contributed by atoms with van der Waals surface area (Å²) in [6.45, 7) is 6.32. The number of Topliss-reactive ketones (excluding diaryl/α,β-unsaturated/α-hetero) is 1. The summed E-state index contributed by atoms with van der Waals surface area (Å²) in [7, 11) is 0. The number of rotatable bonds is 5. The largest absolute Gasteiger partial charge is 0.398 e. The minimum atomic E-state index is -0.406. The summed E-state index contributed by atoms with van der Waals surface area (Å²) in [6, 6.07) is 22.5. The van der Waals surface area contributed by atoms with Gasteiger partial charge in [-0.1, -0.05) is 51.1 Å². The van der Waals surface area contributed by atoms with Crippen molar-refractivity contribution < 1.29 is 9.72 Å². The summed E-state index contributed by atoms with van der Waals surface area (Å²) >= 11 is 0. The van der Waals surface area contributed by atoms with Gasteiger partial charge in [0.2, 0.25) is 0 Å². The maximum absolute atomic E-state index is 13.8. The van der Waals surface area contributed by atoms with E-state index < -0.39 is 4.92 Å². The van der Waals surface area contributed by atoms with Gasteiger partial charge in [0.15, 0.2) is 5.78 Å². The quantitative estimate of drug-likeness (QED) is 0.188. The summed E-state index contributed by atoms with van der Waals surface area (Å²) < 4.78 is 2.00. The van der Waals surface area contributed by atoms with Crippen molar-refractivity contribution in [3.05, 3.63) is 106 Å². The first-order chi connectivity index (χ1) is 17.2. The molecular weight excluding hydrogens is 450 g/mol. The first-order valence-corrected chi connectivity index (χ1v) is 12.1. The van der Waals surface area contributed by atoms with E-state index in [0.717, 1.165) is 45.3 Å². The molecule has 1 aromatic heterocycles. The third-order valence-corrected chi connectivity index (χ3v) is 7.18. The second kappa shape index (κ2) is 8.79. The van der Waals surface area contributed by atoms with Crippen molar-refractivity contribution in [2.75, 3.05) is 5.73 Å². The topological polar surface area (TPSA) is 91.2 Å². The summed E-state index contributed by atoms with van der Waals surface area (Å²) in [5.74, 6) is -0.0651. The molecule has 0 spiro atoms. The molecule has 0 saturated heterocycles. The van der Waals surface area contributed by atoms with Gasteiger partial charge < -0.3 is 10.3 Å². The Morgan fingerprint density at radius 1 is 0.972 bits per heavy atom. The zero-order chi connectivity index (χ0) is 25.6. The van der Waals surface area contributed by atoms with Gasteiger partial charge in [-0.05, 0) is 58.5 Å². The molecule has 0 saturated carbocycles. The summed E-state index contributed by atoms with van der Waals surface area (Å²) in [5.41, 5.74) is 11.6. The zero-order valence-electron chi connectivity index (χ0n) is 20.7. The SMILES string of the molecule is C[C@H](C1=C(c2c(N)ccc3ccccc23)CC(C)(C)CC1=O)c1cccn1-c1ccc([N+](=O)[O-])cc1. The van der Waals surface area contributed by atoms with Gasteiger partial charge in [0.25, 0.3) is 5.69 Å². The van der Waals surface area contributed by atoms with Crippen molar-refractivity contribution in [3.63, 3.8) is 0 Å². The molecule has 1 heterocycles. The number of carbonyl (C=O) groups excluding carboxylic acids is 1. The van der Waals surface area contributed by atoms with Crippen LogP contribution >= 0.6 is 0 Å². The van der Waals surface area contributed by atoms with Gasteiger partial charge in [0.05, 0.1) is 4.92 Å². The molecule has 0 aliphatic heterocycles. The fourth-order valence-electron chi connectivity index (χ4n) is 5.55. The highest BCUT2D eigenvalue weighted by Crippen LogP contribution is 2.48. The second-order valence-corrected chi connectivity index (χ2v) is 10.4. The smallest absolute Gasteiger partial charge is 0.269 e. The van der Waals surface area contributed by atoms with E-state index in [1.54, 1.807) is 12.1 Å². The van der Waals surface area contributed by atoms with Gasteiger partial charge in [-0.2, -0.15) is 0 Å². The fourth-order valence-corrected chi connectivity index (χ4v) is 5.55. The molecule has 1 aliphatic rings. The van der Waals surface area contributed by atoms with Gasteiger partial charge in [-0.15, -0.1) is 0 Å². The molecule has 6 nitrogen and oxygen atoms in total. The standard InChI is InChI=1S/C30H29N3O3/c1-19(26-9-6-16-32(26)21-11-13-22(14-12-21)33(35)36)28-24(17-30(2,3)18-27(28)34)29-23-8-5-4-7-20(23)10-15-25(29)31/h4-16,19H,17-18,31H2,1-3H3/t19-/m0/s1. The van der Waals surface area contributed by atoms with Crippen LogP contribution in [0, 0.1) is 15.5 Å². The van der Waals surface area contributed by atoms with Crippen LogP contribution in [-0.4, -0.2) is 15.3 Å². The first-order valence-electron chi connectivity index (χ1n) is 12.1. The molecule has 4 aromatic rings. The molecule has 182 valence electrons. The molecular formula is C30H29N3O3. The predicted octanol–water partition coefficient (Wildman–Crippen LogP) is 7.07. The molecule has 2 N–H and O–H groups in total. The van der Waals surface area contributed by atoms with Crippen LogP contribution < -0.4 is 5.73 Å². The molecule has 6 heteroatoms. The Kier molecular flexibility index (Phi) is 5.75. The highest BCUT2D eigenvalue weighted by atomic mass is 16.6. The van der Waals surface area contributed by atoms with Crippen LogP contribution in [0.1, 0.15) is 50.8 Å². The summed E-state index contributed by atoms with van der Waals surface area (Å²) in [6.07, 6.45) is 3.14. The van der Waals surface area contributed by atoms with Crippen molar-refractivity contribution in [1.82, 2.24) is 4.57 Å². The maximum Gasteiger partial charge on any atom is 0.269 e. The van der Waals surface area contributed by atoms with E-state index in [0.29, 0.717) is 12.1 Å². The Hall–Kier alpha value is -4.19. The molecule has 5 rings (SSSR count). The number of ketones is 1. The predicted molar refractivity (Wildman–Crippen MR) is 144 cm³/mol. The number of carbonyl (C=O) groups is 1. The number of nitrogens with zero attached hydrogens (tertiary/aromatic N) is 2. The average molecular weight is 480 g/mol. The van der Waals surface area contributed by atoms with Gasteiger partial charge in [0.1, 0.15) is 0 Å². The van der Waals surface area contributed by atoms with Crippen LogP contribution in [0.2, 0.25) is 0 Å². The minimum Gasteiger partial charge on any atom is -0.398 e. The van der Waals surface area contributed by atoms with E-state index in [-0.39, 0.29) is 22.8 Å². The number of non-ortho nitro benzene ring substituents is 1. The summed E-state index contributed by atoms with van der Waals surface area (Å²) in [4.78, 5) is 24.5. The number of fused-ring (bicyclic) bond motifs is 1. The van der Waals surface area contributed by atoms with Crippen LogP contribution in [0.4, 0.5) is 11.4 Å². The Bertz CT molecular complexity index is 1530. The van der Waals surface area contributed by atoms with E-state index in [1.165, 1.54) is 12.1 Å². The molecule has 0 fully saturated rings. The monoisotopic (exact) mass is 479 g/mol. The first kappa shape index (κ1) is 23.5. The normalized spacial score (nSPS) is 16.4. The van der Waals surface area contributed by atoms with E-state index in [2.05, 4.69) is 32.9 Å². The Balaban J connectivity index is 1.70. The van der Waals surface area contributed by atoms with Crippen LogP contribution in [0.3, 0.4) is 0 Å². The van der Waals surface area contributed by atoms with Crippen molar-refractivity contribution in [2.45, 2.75) is 39.5 Å². The lowest BCUT2D eigenvalue weighted by atomic mass is 9.68. The highest BCUT2D eigenvalue weighted by molar-refractivity contribution is 6.10. The molecule has 3 aromatic carbocycles. The number of allylic oxidation sites excluding steroid dienone is 2. The number of hydrogen-bond donors (Lipinski definition) is 1. The number of nitrogen functional groups attached to an aromatic ring is 1. The third kappa shape index (κ3) is 4.09.